The number of carbonyl (C=O) groups is 2. The Bertz CT molecular complexity index is 442. The quantitative estimate of drug-likeness (QED) is 0.325. The number of hydrogen-bond donors (Lipinski definition) is 0. The summed E-state index contributed by atoms with van der Waals surface area (Å²) in [6.07, 6.45) is 12.4. The van der Waals surface area contributed by atoms with Crippen LogP contribution in [0.15, 0.2) is 0 Å². The van der Waals surface area contributed by atoms with Gasteiger partial charge in [-0.2, -0.15) is 0 Å². The third kappa shape index (κ3) is 8.35. The number of ketones is 2. The molecule has 1 rings (SSSR count). The minimum atomic E-state index is 0.147. The van der Waals surface area contributed by atoms with Gasteiger partial charge in [-0.05, 0) is 41.9 Å². The minimum Gasteiger partial charge on any atom is -0.300 e. The topological polar surface area (TPSA) is 34.1 Å². The van der Waals surface area contributed by atoms with E-state index in [1.165, 1.54) is 32.1 Å². The normalized spacial score (nSPS) is 22.1. The van der Waals surface area contributed by atoms with Crippen molar-refractivity contribution in [2.75, 3.05) is 0 Å². The summed E-state index contributed by atoms with van der Waals surface area (Å²) in [4.78, 5) is 24.6. The van der Waals surface area contributed by atoms with Crippen LogP contribution in [0.1, 0.15) is 119 Å². The maximum absolute atomic E-state index is 12.3. The monoisotopic (exact) mass is 364 g/mol. The average Bonchev–Trinajstić information content (AvgIpc) is 2.54. The number of Topliss-reactive ketones (excluding diaryl/α,β-unsaturated/α-hetero) is 2. The van der Waals surface area contributed by atoms with Crippen molar-refractivity contribution in [3.8, 4) is 0 Å². The molecule has 152 valence electrons. The van der Waals surface area contributed by atoms with Gasteiger partial charge in [0.25, 0.3) is 0 Å². The van der Waals surface area contributed by atoms with E-state index >= 15 is 0 Å². The van der Waals surface area contributed by atoms with Gasteiger partial charge in [-0.1, -0.05) is 73.6 Å². The zero-order valence-electron chi connectivity index (χ0n) is 18.5. The maximum atomic E-state index is 12.3. The van der Waals surface area contributed by atoms with E-state index in [2.05, 4.69) is 41.5 Å². The molecule has 0 saturated heterocycles. The lowest BCUT2D eigenvalue weighted by Gasteiger charge is -2.52. The van der Waals surface area contributed by atoms with Gasteiger partial charge in [0.15, 0.2) is 0 Å². The summed E-state index contributed by atoms with van der Waals surface area (Å²) in [6.45, 7) is 13.3. The van der Waals surface area contributed by atoms with E-state index in [-0.39, 0.29) is 10.8 Å². The zero-order chi connectivity index (χ0) is 19.8. The molecule has 0 radical (unpaired) electrons. The molecule has 0 unspecified atom stereocenters. The van der Waals surface area contributed by atoms with Crippen molar-refractivity contribution in [2.24, 2.45) is 22.7 Å². The van der Waals surface area contributed by atoms with Gasteiger partial charge in [-0.15, -0.1) is 0 Å². The standard InChI is InChI=1S/C24H44O2/c1-7-8-9-10-11-12-13-21(25)17-19-16-20(24(19,5)6)18-22(26)14-15-23(2,3)4/h19-20H,7-18H2,1-6H3/t19-,20+/m1/s1. The molecule has 2 atom stereocenters. The van der Waals surface area contributed by atoms with Crippen LogP contribution in [0.5, 0.6) is 0 Å². The van der Waals surface area contributed by atoms with Crippen LogP contribution in [-0.4, -0.2) is 11.6 Å². The molecule has 0 aromatic rings. The lowest BCUT2D eigenvalue weighted by molar-refractivity contribution is -0.129. The molecule has 0 aliphatic heterocycles. The first kappa shape index (κ1) is 23.4. The van der Waals surface area contributed by atoms with E-state index in [1.807, 2.05) is 0 Å². The molecule has 1 saturated carbocycles. The molecule has 1 aliphatic rings. The Balaban J connectivity index is 2.24. The van der Waals surface area contributed by atoms with Crippen LogP contribution in [0.25, 0.3) is 0 Å². The van der Waals surface area contributed by atoms with E-state index in [9.17, 15) is 9.59 Å². The molecular formula is C24H44O2. The first-order valence-corrected chi connectivity index (χ1v) is 11.1. The van der Waals surface area contributed by atoms with Crippen molar-refractivity contribution in [1.82, 2.24) is 0 Å². The number of carbonyl (C=O) groups excluding carboxylic acids is 2. The van der Waals surface area contributed by atoms with Crippen LogP contribution in [0, 0.1) is 22.7 Å². The lowest BCUT2D eigenvalue weighted by atomic mass is 9.52. The summed E-state index contributed by atoms with van der Waals surface area (Å²) < 4.78 is 0. The third-order valence-corrected chi connectivity index (χ3v) is 6.58. The summed E-state index contributed by atoms with van der Waals surface area (Å²) in [5, 5.41) is 0. The second kappa shape index (κ2) is 10.6. The lowest BCUT2D eigenvalue weighted by Crippen LogP contribution is -2.46. The Hall–Kier alpha value is -0.660. The van der Waals surface area contributed by atoms with Gasteiger partial charge < -0.3 is 0 Å². The summed E-state index contributed by atoms with van der Waals surface area (Å²) in [7, 11) is 0. The molecular weight excluding hydrogens is 320 g/mol. The van der Waals surface area contributed by atoms with E-state index in [4.69, 9.17) is 0 Å². The van der Waals surface area contributed by atoms with Crippen LogP contribution in [0.3, 0.4) is 0 Å². The predicted octanol–water partition coefficient (Wildman–Crippen LogP) is 7.14. The van der Waals surface area contributed by atoms with Crippen molar-refractivity contribution in [3.05, 3.63) is 0 Å². The fourth-order valence-corrected chi connectivity index (χ4v) is 4.19. The largest absolute Gasteiger partial charge is 0.300 e. The first-order chi connectivity index (χ1) is 12.1. The molecule has 0 amide bonds. The Labute approximate surface area is 162 Å². The second-order valence-electron chi connectivity index (χ2n) is 10.5. The van der Waals surface area contributed by atoms with Gasteiger partial charge in [0.05, 0.1) is 0 Å². The molecule has 26 heavy (non-hydrogen) atoms. The van der Waals surface area contributed by atoms with Crippen LogP contribution in [0.2, 0.25) is 0 Å². The van der Waals surface area contributed by atoms with E-state index in [0.717, 1.165) is 32.1 Å². The van der Waals surface area contributed by atoms with Gasteiger partial charge in [0.2, 0.25) is 0 Å². The van der Waals surface area contributed by atoms with Crippen LogP contribution < -0.4 is 0 Å². The smallest absolute Gasteiger partial charge is 0.133 e. The summed E-state index contributed by atoms with van der Waals surface area (Å²) in [6, 6.07) is 0. The summed E-state index contributed by atoms with van der Waals surface area (Å²) in [5.41, 5.74) is 0.379. The number of hydrogen-bond acceptors (Lipinski definition) is 2. The van der Waals surface area contributed by atoms with Gasteiger partial charge in [0.1, 0.15) is 11.6 Å². The molecule has 1 aliphatic carbocycles. The Kier molecular flexibility index (Phi) is 9.55. The molecule has 2 heteroatoms. The van der Waals surface area contributed by atoms with Crippen LogP contribution >= 0.6 is 0 Å². The molecule has 1 fully saturated rings. The van der Waals surface area contributed by atoms with Crippen LogP contribution in [-0.2, 0) is 9.59 Å². The van der Waals surface area contributed by atoms with Crippen molar-refractivity contribution in [1.29, 1.82) is 0 Å². The van der Waals surface area contributed by atoms with Crippen molar-refractivity contribution in [3.63, 3.8) is 0 Å². The first-order valence-electron chi connectivity index (χ1n) is 11.1. The molecule has 0 N–H and O–H groups in total. The van der Waals surface area contributed by atoms with Crippen LogP contribution in [0.4, 0.5) is 0 Å². The summed E-state index contributed by atoms with van der Waals surface area (Å²) in [5.74, 6) is 1.81. The average molecular weight is 365 g/mol. The van der Waals surface area contributed by atoms with Crippen molar-refractivity contribution >= 4 is 11.6 Å². The van der Waals surface area contributed by atoms with Crippen molar-refractivity contribution in [2.45, 2.75) is 119 Å². The molecule has 0 spiro atoms. The Morgan fingerprint density at radius 3 is 1.85 bits per heavy atom. The predicted molar refractivity (Wildman–Crippen MR) is 111 cm³/mol. The summed E-state index contributed by atoms with van der Waals surface area (Å²) >= 11 is 0. The highest BCUT2D eigenvalue weighted by molar-refractivity contribution is 5.80. The SMILES string of the molecule is CCCCCCCCC(=O)C[C@H]1C[C@@H](CC(=O)CCC(C)(C)C)C1(C)C. The number of unbranched alkanes of at least 4 members (excludes halogenated alkanes) is 5. The zero-order valence-corrected chi connectivity index (χ0v) is 18.5. The minimum absolute atomic E-state index is 0.147. The Morgan fingerprint density at radius 1 is 0.846 bits per heavy atom. The third-order valence-electron chi connectivity index (χ3n) is 6.58. The fraction of sp³-hybridized carbons (Fsp3) is 0.917. The van der Waals surface area contributed by atoms with Gasteiger partial charge >= 0.3 is 0 Å². The van der Waals surface area contributed by atoms with Crippen molar-refractivity contribution < 1.29 is 9.59 Å². The second-order valence-corrected chi connectivity index (χ2v) is 10.5. The highest BCUT2D eigenvalue weighted by Gasteiger charge is 2.48. The van der Waals surface area contributed by atoms with Gasteiger partial charge in [0, 0.05) is 25.7 Å². The number of rotatable bonds is 13. The van der Waals surface area contributed by atoms with E-state index in [0.29, 0.717) is 36.2 Å². The van der Waals surface area contributed by atoms with Gasteiger partial charge in [-0.25, -0.2) is 0 Å². The molecule has 0 heterocycles. The fourth-order valence-electron chi connectivity index (χ4n) is 4.19. The van der Waals surface area contributed by atoms with Gasteiger partial charge in [-0.3, -0.25) is 9.59 Å². The Morgan fingerprint density at radius 2 is 1.35 bits per heavy atom. The maximum Gasteiger partial charge on any atom is 0.133 e. The highest BCUT2D eigenvalue weighted by atomic mass is 16.1. The molecule has 0 bridgehead atoms. The molecule has 0 aromatic heterocycles. The highest BCUT2D eigenvalue weighted by Crippen LogP contribution is 2.54. The molecule has 2 nitrogen and oxygen atoms in total. The van der Waals surface area contributed by atoms with E-state index in [1.54, 1.807) is 0 Å². The molecule has 0 aromatic carbocycles. The van der Waals surface area contributed by atoms with E-state index < -0.39 is 0 Å².